The minimum absolute atomic E-state index is 0.0637. The Bertz CT molecular complexity index is 231. The first-order chi connectivity index (χ1) is 6.50. The number of hydrogen-bond acceptors (Lipinski definition) is 2. The summed E-state index contributed by atoms with van der Waals surface area (Å²) in [6, 6.07) is 0. The molecule has 0 saturated heterocycles. The van der Waals surface area contributed by atoms with E-state index in [1.807, 2.05) is 0 Å². The van der Waals surface area contributed by atoms with Crippen molar-refractivity contribution < 1.29 is 14.7 Å². The third kappa shape index (κ3) is 2.82. The van der Waals surface area contributed by atoms with Crippen LogP contribution in [-0.2, 0) is 9.59 Å². The summed E-state index contributed by atoms with van der Waals surface area (Å²) in [5.41, 5.74) is 0. The molecule has 1 saturated carbocycles. The minimum atomic E-state index is -0.782. The summed E-state index contributed by atoms with van der Waals surface area (Å²) in [6.45, 7) is 4.21. The van der Waals surface area contributed by atoms with E-state index in [0.29, 0.717) is 24.7 Å². The van der Waals surface area contributed by atoms with Gasteiger partial charge in [0, 0.05) is 19.3 Å². The number of carboxylic acids is 1. The van der Waals surface area contributed by atoms with Crippen molar-refractivity contribution in [2.75, 3.05) is 0 Å². The number of Topliss-reactive ketones (excluding diaryl/α,β-unsaturated/α-hetero) is 1. The van der Waals surface area contributed by atoms with Crippen LogP contribution in [0, 0.1) is 17.8 Å². The van der Waals surface area contributed by atoms with Gasteiger partial charge in [-0.3, -0.25) is 9.59 Å². The van der Waals surface area contributed by atoms with Crippen LogP contribution in [0.1, 0.15) is 39.5 Å². The summed E-state index contributed by atoms with van der Waals surface area (Å²) in [6.07, 6.45) is 2.12. The van der Waals surface area contributed by atoms with Gasteiger partial charge in [0.15, 0.2) is 0 Å². The number of ketones is 1. The lowest BCUT2D eigenvalue weighted by atomic mass is 9.72. The Balaban J connectivity index is 2.63. The van der Waals surface area contributed by atoms with Crippen molar-refractivity contribution in [3.63, 3.8) is 0 Å². The summed E-state index contributed by atoms with van der Waals surface area (Å²) in [7, 11) is 0. The summed E-state index contributed by atoms with van der Waals surface area (Å²) < 4.78 is 0. The van der Waals surface area contributed by atoms with Crippen LogP contribution in [0.25, 0.3) is 0 Å². The molecule has 2 unspecified atom stereocenters. The summed E-state index contributed by atoms with van der Waals surface area (Å²) >= 11 is 0. The average Bonchev–Trinajstić information content (AvgIpc) is 2.01. The molecule has 1 N–H and O–H groups in total. The lowest BCUT2D eigenvalue weighted by Gasteiger charge is -2.32. The fourth-order valence-electron chi connectivity index (χ4n) is 2.43. The zero-order chi connectivity index (χ0) is 10.7. The second-order valence-corrected chi connectivity index (χ2v) is 4.55. The molecule has 0 heterocycles. The molecule has 3 nitrogen and oxygen atoms in total. The molecule has 0 aromatic rings. The molecule has 0 radical (unpaired) electrons. The highest BCUT2D eigenvalue weighted by molar-refractivity contribution is 5.80. The predicted molar refractivity (Wildman–Crippen MR) is 52.9 cm³/mol. The van der Waals surface area contributed by atoms with E-state index < -0.39 is 5.97 Å². The van der Waals surface area contributed by atoms with Gasteiger partial charge in [-0.05, 0) is 24.2 Å². The lowest BCUT2D eigenvalue weighted by Crippen LogP contribution is -2.30. The molecule has 0 amide bonds. The van der Waals surface area contributed by atoms with Gasteiger partial charge in [-0.2, -0.15) is 0 Å². The molecule has 2 atom stereocenters. The fraction of sp³-hybridized carbons (Fsp3) is 0.818. The maximum Gasteiger partial charge on any atom is 0.303 e. The lowest BCUT2D eigenvalue weighted by molar-refractivity contribution is -0.139. The highest BCUT2D eigenvalue weighted by Crippen LogP contribution is 2.35. The van der Waals surface area contributed by atoms with Gasteiger partial charge in [0.25, 0.3) is 0 Å². The minimum Gasteiger partial charge on any atom is -0.481 e. The zero-order valence-electron chi connectivity index (χ0n) is 8.82. The van der Waals surface area contributed by atoms with Gasteiger partial charge in [-0.25, -0.2) is 0 Å². The summed E-state index contributed by atoms with van der Waals surface area (Å²) in [5, 5.41) is 8.74. The van der Waals surface area contributed by atoms with E-state index >= 15 is 0 Å². The topological polar surface area (TPSA) is 54.4 Å². The van der Waals surface area contributed by atoms with Crippen LogP contribution in [0.3, 0.4) is 0 Å². The Morgan fingerprint density at radius 3 is 2.71 bits per heavy atom. The number of carboxylic acid groups (broad SMARTS) is 1. The van der Waals surface area contributed by atoms with E-state index in [0.717, 1.165) is 6.42 Å². The maximum atomic E-state index is 11.2. The van der Waals surface area contributed by atoms with E-state index in [1.165, 1.54) is 0 Å². The van der Waals surface area contributed by atoms with E-state index in [9.17, 15) is 9.59 Å². The molecule has 0 aromatic heterocycles. The summed E-state index contributed by atoms with van der Waals surface area (Å²) in [5.74, 6) is 0.397. The highest BCUT2D eigenvalue weighted by Gasteiger charge is 2.32. The van der Waals surface area contributed by atoms with Crippen LogP contribution in [0.4, 0.5) is 0 Å². The van der Waals surface area contributed by atoms with E-state index in [2.05, 4.69) is 13.8 Å². The van der Waals surface area contributed by atoms with Gasteiger partial charge in [-0.1, -0.05) is 13.8 Å². The SMILES string of the molecule is CC(C)C1CCC(=O)CC1CC(=O)O. The van der Waals surface area contributed by atoms with Gasteiger partial charge >= 0.3 is 5.97 Å². The van der Waals surface area contributed by atoms with Crippen LogP contribution >= 0.6 is 0 Å². The molecule has 1 aliphatic rings. The Kier molecular flexibility index (Phi) is 3.67. The van der Waals surface area contributed by atoms with Crippen LogP contribution in [0.2, 0.25) is 0 Å². The van der Waals surface area contributed by atoms with Crippen molar-refractivity contribution in [2.24, 2.45) is 17.8 Å². The van der Waals surface area contributed by atoms with Gasteiger partial charge in [0.2, 0.25) is 0 Å². The van der Waals surface area contributed by atoms with Crippen molar-refractivity contribution in [3.05, 3.63) is 0 Å². The van der Waals surface area contributed by atoms with E-state index in [4.69, 9.17) is 5.11 Å². The molecule has 14 heavy (non-hydrogen) atoms. The van der Waals surface area contributed by atoms with Crippen molar-refractivity contribution in [2.45, 2.75) is 39.5 Å². The Morgan fingerprint density at radius 1 is 1.57 bits per heavy atom. The third-order valence-corrected chi connectivity index (χ3v) is 3.14. The molecule has 80 valence electrons. The quantitative estimate of drug-likeness (QED) is 0.755. The Hall–Kier alpha value is -0.860. The number of rotatable bonds is 3. The first-order valence-corrected chi connectivity index (χ1v) is 5.24. The van der Waals surface area contributed by atoms with E-state index in [1.54, 1.807) is 0 Å². The van der Waals surface area contributed by atoms with E-state index in [-0.39, 0.29) is 18.1 Å². The van der Waals surface area contributed by atoms with Gasteiger partial charge in [-0.15, -0.1) is 0 Å². The fourth-order valence-corrected chi connectivity index (χ4v) is 2.43. The zero-order valence-corrected chi connectivity index (χ0v) is 8.82. The van der Waals surface area contributed by atoms with Crippen LogP contribution in [-0.4, -0.2) is 16.9 Å². The largest absolute Gasteiger partial charge is 0.481 e. The number of carbonyl (C=O) groups is 2. The first-order valence-electron chi connectivity index (χ1n) is 5.24. The summed E-state index contributed by atoms with van der Waals surface area (Å²) in [4.78, 5) is 21.9. The Morgan fingerprint density at radius 2 is 2.21 bits per heavy atom. The molecular weight excluding hydrogens is 180 g/mol. The molecule has 3 heteroatoms. The highest BCUT2D eigenvalue weighted by atomic mass is 16.4. The molecule has 0 spiro atoms. The van der Waals surface area contributed by atoms with Crippen molar-refractivity contribution in [1.82, 2.24) is 0 Å². The monoisotopic (exact) mass is 198 g/mol. The number of aliphatic carboxylic acids is 1. The van der Waals surface area contributed by atoms with Gasteiger partial charge in [0.05, 0.1) is 0 Å². The third-order valence-electron chi connectivity index (χ3n) is 3.14. The molecular formula is C11H18O3. The maximum absolute atomic E-state index is 11.2. The van der Waals surface area contributed by atoms with Crippen molar-refractivity contribution in [3.8, 4) is 0 Å². The first kappa shape index (κ1) is 11.2. The van der Waals surface area contributed by atoms with Crippen molar-refractivity contribution in [1.29, 1.82) is 0 Å². The smallest absolute Gasteiger partial charge is 0.303 e. The standard InChI is InChI=1S/C11H18O3/c1-7(2)10-4-3-9(12)5-8(10)6-11(13)14/h7-8,10H,3-6H2,1-2H3,(H,13,14). The van der Waals surface area contributed by atoms with Crippen molar-refractivity contribution >= 4 is 11.8 Å². The average molecular weight is 198 g/mol. The number of carbonyl (C=O) groups excluding carboxylic acids is 1. The van der Waals surface area contributed by atoms with Gasteiger partial charge < -0.3 is 5.11 Å². The molecule has 1 fully saturated rings. The molecule has 1 aliphatic carbocycles. The Labute approximate surface area is 84.5 Å². The molecule has 0 aromatic carbocycles. The predicted octanol–water partition coefficient (Wildman–Crippen LogP) is 2.10. The molecule has 1 rings (SSSR count). The number of hydrogen-bond donors (Lipinski definition) is 1. The molecule has 0 aliphatic heterocycles. The van der Waals surface area contributed by atoms with Crippen LogP contribution in [0.15, 0.2) is 0 Å². The second-order valence-electron chi connectivity index (χ2n) is 4.55. The van der Waals surface area contributed by atoms with Crippen LogP contribution in [0.5, 0.6) is 0 Å². The second kappa shape index (κ2) is 4.58. The van der Waals surface area contributed by atoms with Crippen LogP contribution < -0.4 is 0 Å². The van der Waals surface area contributed by atoms with Gasteiger partial charge in [0.1, 0.15) is 5.78 Å². The normalized spacial score (nSPS) is 28.1. The molecule has 0 bridgehead atoms.